The normalized spacial score (nSPS) is 17.8. The van der Waals surface area contributed by atoms with Crippen molar-refractivity contribution >= 4 is 21.6 Å². The third-order valence-corrected chi connectivity index (χ3v) is 4.28. The van der Waals surface area contributed by atoms with Crippen LogP contribution in [0.1, 0.15) is 24.8 Å². The molecule has 1 N–H and O–H groups in total. The van der Waals surface area contributed by atoms with Crippen LogP contribution in [0.15, 0.2) is 24.3 Å². The maximum atomic E-state index is 4.62. The van der Waals surface area contributed by atoms with Crippen LogP contribution in [0.2, 0.25) is 0 Å². The molecule has 1 aliphatic carbocycles. The summed E-state index contributed by atoms with van der Waals surface area (Å²) in [6.07, 6.45) is 2.79. The number of fused-ring (bicyclic) bond motifs is 1. The largest absolute Gasteiger partial charge is 0.308 e. The number of para-hydroxylation sites is 1. The minimum absolute atomic E-state index is 0.645. The second-order valence-electron chi connectivity index (χ2n) is 4.58. The molecule has 2 nitrogen and oxygen atoms in total. The first kappa shape index (κ1) is 10.2. The van der Waals surface area contributed by atoms with Gasteiger partial charge in [0.15, 0.2) is 0 Å². The van der Waals surface area contributed by atoms with E-state index in [1.54, 1.807) is 11.3 Å². The summed E-state index contributed by atoms with van der Waals surface area (Å²) in [5.41, 5.74) is 1.13. The molecule has 3 rings (SSSR count). The molecule has 1 aliphatic rings. The Morgan fingerprint density at radius 2 is 2.25 bits per heavy atom. The van der Waals surface area contributed by atoms with E-state index in [1.807, 2.05) is 6.07 Å². The van der Waals surface area contributed by atoms with Crippen LogP contribution in [0.5, 0.6) is 0 Å². The number of hydrogen-bond donors (Lipinski definition) is 1. The molecule has 2 aromatic rings. The zero-order valence-electron chi connectivity index (χ0n) is 9.44. The van der Waals surface area contributed by atoms with Crippen molar-refractivity contribution in [2.45, 2.75) is 32.4 Å². The van der Waals surface area contributed by atoms with Crippen molar-refractivity contribution in [1.82, 2.24) is 10.3 Å². The molecule has 0 saturated heterocycles. The average Bonchev–Trinajstić information content (AvgIpc) is 3.06. The lowest BCUT2D eigenvalue weighted by Crippen LogP contribution is -2.27. The Bertz CT molecular complexity index is 454. The Hall–Kier alpha value is -0.930. The summed E-state index contributed by atoms with van der Waals surface area (Å²) in [6, 6.07) is 8.99. The van der Waals surface area contributed by atoms with Crippen LogP contribution >= 0.6 is 11.3 Å². The van der Waals surface area contributed by atoms with Crippen molar-refractivity contribution in [2.24, 2.45) is 5.92 Å². The highest BCUT2D eigenvalue weighted by Gasteiger charge is 2.27. The lowest BCUT2D eigenvalue weighted by Gasteiger charge is -2.10. The van der Waals surface area contributed by atoms with Gasteiger partial charge in [0.2, 0.25) is 0 Å². The van der Waals surface area contributed by atoms with Gasteiger partial charge in [-0.1, -0.05) is 12.1 Å². The van der Waals surface area contributed by atoms with E-state index >= 15 is 0 Å². The Morgan fingerprint density at radius 3 is 3.00 bits per heavy atom. The Kier molecular flexibility index (Phi) is 2.65. The number of thiazole rings is 1. The van der Waals surface area contributed by atoms with Crippen LogP contribution in [0.3, 0.4) is 0 Å². The molecule has 0 bridgehead atoms. The van der Waals surface area contributed by atoms with Gasteiger partial charge in [0.05, 0.1) is 10.2 Å². The molecule has 3 heteroatoms. The molecule has 1 heterocycles. The third-order valence-electron chi connectivity index (χ3n) is 3.24. The Balaban J connectivity index is 1.69. The average molecular weight is 232 g/mol. The van der Waals surface area contributed by atoms with Gasteiger partial charge in [0, 0.05) is 12.6 Å². The lowest BCUT2D eigenvalue weighted by atomic mass is 10.2. The van der Waals surface area contributed by atoms with Crippen LogP contribution in [0.25, 0.3) is 10.2 Å². The quantitative estimate of drug-likeness (QED) is 0.875. The Labute approximate surface area is 99.7 Å². The molecule has 1 aromatic carbocycles. The second kappa shape index (κ2) is 4.15. The molecular formula is C13H16N2S. The molecule has 0 aliphatic heterocycles. The van der Waals surface area contributed by atoms with Gasteiger partial charge in [-0.25, -0.2) is 4.98 Å². The maximum Gasteiger partial charge on any atom is 0.108 e. The van der Waals surface area contributed by atoms with Gasteiger partial charge < -0.3 is 5.32 Å². The highest BCUT2D eigenvalue weighted by atomic mass is 32.1. The van der Waals surface area contributed by atoms with Gasteiger partial charge in [-0.3, -0.25) is 0 Å². The van der Waals surface area contributed by atoms with Gasteiger partial charge >= 0.3 is 0 Å². The molecule has 1 aromatic heterocycles. The minimum Gasteiger partial charge on any atom is -0.308 e. The fourth-order valence-electron chi connectivity index (χ4n) is 2.01. The number of benzene rings is 1. The molecule has 1 atom stereocenters. The highest BCUT2D eigenvalue weighted by Crippen LogP contribution is 2.32. The standard InChI is InChI=1S/C13H16N2S/c1-9(10-6-7-10)14-8-13-15-11-4-2-3-5-12(11)16-13/h2-5,9-10,14H,6-8H2,1H3. The Morgan fingerprint density at radius 1 is 1.44 bits per heavy atom. The van der Waals surface area contributed by atoms with Gasteiger partial charge in [-0.15, -0.1) is 11.3 Å². The smallest absolute Gasteiger partial charge is 0.108 e. The SMILES string of the molecule is CC(NCc1nc2ccccc2s1)C1CC1. The summed E-state index contributed by atoms with van der Waals surface area (Å²) in [5.74, 6) is 0.911. The van der Waals surface area contributed by atoms with Crippen LogP contribution < -0.4 is 5.32 Å². The van der Waals surface area contributed by atoms with E-state index in [-0.39, 0.29) is 0 Å². The molecule has 0 spiro atoms. The van der Waals surface area contributed by atoms with Crippen LogP contribution in [-0.2, 0) is 6.54 Å². The molecule has 0 radical (unpaired) electrons. The van der Waals surface area contributed by atoms with Crippen molar-refractivity contribution in [3.8, 4) is 0 Å². The predicted molar refractivity (Wildman–Crippen MR) is 68.6 cm³/mol. The van der Waals surface area contributed by atoms with Crippen LogP contribution in [0.4, 0.5) is 0 Å². The highest BCUT2D eigenvalue weighted by molar-refractivity contribution is 7.18. The topological polar surface area (TPSA) is 24.9 Å². The van der Waals surface area contributed by atoms with E-state index in [2.05, 4.69) is 35.4 Å². The number of rotatable bonds is 4. The van der Waals surface area contributed by atoms with Crippen molar-refractivity contribution in [3.05, 3.63) is 29.3 Å². The van der Waals surface area contributed by atoms with Crippen molar-refractivity contribution < 1.29 is 0 Å². The molecule has 1 fully saturated rings. The van der Waals surface area contributed by atoms with E-state index in [1.165, 1.54) is 22.5 Å². The number of nitrogens with one attached hydrogen (secondary N) is 1. The van der Waals surface area contributed by atoms with Crippen LogP contribution in [0, 0.1) is 5.92 Å². The zero-order chi connectivity index (χ0) is 11.0. The van der Waals surface area contributed by atoms with E-state index in [0.29, 0.717) is 6.04 Å². The van der Waals surface area contributed by atoms with Gasteiger partial charge in [0.1, 0.15) is 5.01 Å². The summed E-state index contributed by atoms with van der Waals surface area (Å²) < 4.78 is 1.29. The molecule has 16 heavy (non-hydrogen) atoms. The van der Waals surface area contributed by atoms with E-state index in [4.69, 9.17) is 0 Å². The van der Waals surface area contributed by atoms with Crippen molar-refractivity contribution in [3.63, 3.8) is 0 Å². The van der Waals surface area contributed by atoms with E-state index in [9.17, 15) is 0 Å². The summed E-state index contributed by atoms with van der Waals surface area (Å²) in [7, 11) is 0. The van der Waals surface area contributed by atoms with E-state index < -0.39 is 0 Å². The fourth-order valence-corrected chi connectivity index (χ4v) is 2.92. The number of aromatic nitrogens is 1. The van der Waals surface area contributed by atoms with Crippen molar-refractivity contribution in [2.75, 3.05) is 0 Å². The molecule has 0 amide bonds. The lowest BCUT2D eigenvalue weighted by molar-refractivity contribution is 0.496. The zero-order valence-corrected chi connectivity index (χ0v) is 10.3. The summed E-state index contributed by atoms with van der Waals surface area (Å²) in [4.78, 5) is 4.62. The first-order valence-electron chi connectivity index (χ1n) is 5.91. The number of hydrogen-bond acceptors (Lipinski definition) is 3. The molecule has 1 unspecified atom stereocenters. The summed E-state index contributed by atoms with van der Waals surface area (Å²) >= 11 is 1.80. The van der Waals surface area contributed by atoms with E-state index in [0.717, 1.165) is 18.0 Å². The predicted octanol–water partition coefficient (Wildman–Crippen LogP) is 3.18. The molecule has 1 saturated carbocycles. The van der Waals surface area contributed by atoms with Gasteiger partial charge in [-0.05, 0) is 37.8 Å². The first-order chi connectivity index (χ1) is 7.83. The summed E-state index contributed by atoms with van der Waals surface area (Å²) in [6.45, 7) is 3.20. The second-order valence-corrected chi connectivity index (χ2v) is 5.70. The summed E-state index contributed by atoms with van der Waals surface area (Å²) in [5, 5.41) is 4.77. The van der Waals surface area contributed by atoms with Gasteiger partial charge in [-0.2, -0.15) is 0 Å². The van der Waals surface area contributed by atoms with Crippen molar-refractivity contribution in [1.29, 1.82) is 0 Å². The first-order valence-corrected chi connectivity index (χ1v) is 6.72. The fraction of sp³-hybridized carbons (Fsp3) is 0.462. The molecule has 84 valence electrons. The number of nitrogens with zero attached hydrogens (tertiary/aromatic N) is 1. The third kappa shape index (κ3) is 2.11. The monoisotopic (exact) mass is 232 g/mol. The maximum absolute atomic E-state index is 4.62. The van der Waals surface area contributed by atoms with Crippen LogP contribution in [-0.4, -0.2) is 11.0 Å². The molecular weight excluding hydrogens is 216 g/mol. The van der Waals surface area contributed by atoms with Gasteiger partial charge in [0.25, 0.3) is 0 Å². The minimum atomic E-state index is 0.645.